The van der Waals surface area contributed by atoms with Gasteiger partial charge >= 0.3 is 0 Å². The normalized spacial score (nSPS) is 10.3. The van der Waals surface area contributed by atoms with Gasteiger partial charge in [-0.05, 0) is 35.9 Å². The molecule has 0 bridgehead atoms. The maximum atomic E-state index is 5.80. The van der Waals surface area contributed by atoms with E-state index in [0.29, 0.717) is 6.61 Å². The van der Waals surface area contributed by atoms with Crippen LogP contribution in [0.25, 0.3) is 0 Å². The van der Waals surface area contributed by atoms with E-state index >= 15 is 0 Å². The highest BCUT2D eigenvalue weighted by atomic mass is 35.5. The molecule has 1 aromatic carbocycles. The minimum atomic E-state index is 0.701. The number of hydrogen-bond donors (Lipinski definition) is 0. The molecule has 0 aliphatic heterocycles. The van der Waals surface area contributed by atoms with Crippen LogP contribution in [0, 0.1) is 0 Å². The van der Waals surface area contributed by atoms with Crippen molar-refractivity contribution in [2.75, 3.05) is 12.4 Å². The van der Waals surface area contributed by atoms with Gasteiger partial charge in [-0.2, -0.15) is 11.8 Å². The Hall–Kier alpha value is -1.19. The molecule has 0 fully saturated rings. The van der Waals surface area contributed by atoms with E-state index in [1.54, 1.807) is 6.20 Å². The smallest absolute Gasteiger partial charge is 0.119 e. The van der Waals surface area contributed by atoms with Crippen molar-refractivity contribution in [2.45, 2.75) is 5.75 Å². The zero-order valence-corrected chi connectivity index (χ0v) is 11.5. The first kappa shape index (κ1) is 13.2. The highest BCUT2D eigenvalue weighted by Gasteiger charge is 1.96. The molecule has 4 heteroatoms. The van der Waals surface area contributed by atoms with Crippen LogP contribution in [0.5, 0.6) is 5.75 Å². The summed E-state index contributed by atoms with van der Waals surface area (Å²) < 4.78 is 5.60. The van der Waals surface area contributed by atoms with Gasteiger partial charge in [0, 0.05) is 28.9 Å². The van der Waals surface area contributed by atoms with Gasteiger partial charge in [-0.1, -0.05) is 17.7 Å². The summed E-state index contributed by atoms with van der Waals surface area (Å²) in [5, 5.41) is 0.730. The van der Waals surface area contributed by atoms with Crippen LogP contribution >= 0.6 is 23.4 Å². The lowest BCUT2D eigenvalue weighted by molar-refractivity contribution is 0.344. The minimum Gasteiger partial charge on any atom is -0.493 e. The van der Waals surface area contributed by atoms with Crippen LogP contribution in [-0.4, -0.2) is 17.3 Å². The summed E-state index contributed by atoms with van der Waals surface area (Å²) in [6.45, 7) is 0.701. The van der Waals surface area contributed by atoms with Gasteiger partial charge in [0.15, 0.2) is 0 Å². The fourth-order valence-electron chi connectivity index (χ4n) is 1.42. The maximum Gasteiger partial charge on any atom is 0.119 e. The predicted octanol–water partition coefficient (Wildman–Crippen LogP) is 4.05. The first-order valence-corrected chi connectivity index (χ1v) is 7.23. The average Bonchev–Trinajstić information content (AvgIpc) is 2.42. The number of benzene rings is 1. The van der Waals surface area contributed by atoms with Crippen molar-refractivity contribution in [1.29, 1.82) is 0 Å². The van der Waals surface area contributed by atoms with E-state index in [4.69, 9.17) is 16.3 Å². The Balaban J connectivity index is 1.63. The Morgan fingerprint density at radius 2 is 2.00 bits per heavy atom. The third-order valence-corrected chi connectivity index (χ3v) is 3.55. The van der Waals surface area contributed by atoms with E-state index in [-0.39, 0.29) is 0 Å². The number of nitrogens with zero attached hydrogens (tertiary/aromatic N) is 1. The number of aromatic nitrogens is 1. The summed E-state index contributed by atoms with van der Waals surface area (Å²) in [7, 11) is 0. The van der Waals surface area contributed by atoms with Crippen molar-refractivity contribution in [3.63, 3.8) is 0 Å². The number of halogens is 1. The fourth-order valence-corrected chi connectivity index (χ4v) is 2.30. The molecule has 0 spiro atoms. The molecule has 0 N–H and O–H groups in total. The lowest BCUT2D eigenvalue weighted by Crippen LogP contribution is -2.00. The highest BCUT2D eigenvalue weighted by molar-refractivity contribution is 7.98. The number of rotatable bonds is 6. The van der Waals surface area contributed by atoms with E-state index < -0.39 is 0 Å². The first-order chi connectivity index (χ1) is 8.84. The van der Waals surface area contributed by atoms with E-state index in [1.807, 2.05) is 48.3 Å². The molecule has 1 heterocycles. The van der Waals surface area contributed by atoms with Crippen LogP contribution in [0.1, 0.15) is 5.56 Å². The fraction of sp³-hybridized carbons (Fsp3) is 0.214. The molecular weight excluding hydrogens is 266 g/mol. The molecule has 0 aliphatic rings. The average molecular weight is 280 g/mol. The third kappa shape index (κ3) is 4.59. The molecule has 18 heavy (non-hydrogen) atoms. The number of thioether (sulfide) groups is 1. The number of ether oxygens (including phenoxy) is 1. The highest BCUT2D eigenvalue weighted by Crippen LogP contribution is 2.16. The zero-order valence-electron chi connectivity index (χ0n) is 9.88. The Labute approximate surface area is 116 Å². The molecule has 0 saturated heterocycles. The molecule has 94 valence electrons. The number of pyridine rings is 1. The summed E-state index contributed by atoms with van der Waals surface area (Å²) in [5.74, 6) is 2.79. The van der Waals surface area contributed by atoms with Gasteiger partial charge < -0.3 is 4.74 Å². The quantitative estimate of drug-likeness (QED) is 0.745. The first-order valence-electron chi connectivity index (χ1n) is 5.69. The second kappa shape index (κ2) is 7.29. The van der Waals surface area contributed by atoms with Crippen LogP contribution in [0.4, 0.5) is 0 Å². The van der Waals surface area contributed by atoms with Crippen molar-refractivity contribution in [2.24, 2.45) is 0 Å². The van der Waals surface area contributed by atoms with Crippen LogP contribution in [0.3, 0.4) is 0 Å². The molecule has 0 radical (unpaired) electrons. The van der Waals surface area contributed by atoms with Gasteiger partial charge in [0.2, 0.25) is 0 Å². The summed E-state index contributed by atoms with van der Waals surface area (Å²) in [4.78, 5) is 4.08. The molecule has 0 amide bonds. The Bertz CT molecular complexity index is 461. The van der Waals surface area contributed by atoms with Crippen molar-refractivity contribution >= 4 is 23.4 Å². The van der Waals surface area contributed by atoms with Crippen LogP contribution in [0.2, 0.25) is 5.02 Å². The predicted molar refractivity (Wildman–Crippen MR) is 77.3 cm³/mol. The van der Waals surface area contributed by atoms with Crippen LogP contribution < -0.4 is 4.74 Å². The third-order valence-electron chi connectivity index (χ3n) is 2.30. The van der Waals surface area contributed by atoms with Crippen molar-refractivity contribution < 1.29 is 4.74 Å². The second-order valence-corrected chi connectivity index (χ2v) is 5.26. The van der Waals surface area contributed by atoms with Crippen molar-refractivity contribution in [3.05, 3.63) is 59.4 Å². The summed E-state index contributed by atoms with van der Waals surface area (Å²) in [6.07, 6.45) is 3.69. The SMILES string of the molecule is Clc1ccc(OCCSCc2cccnc2)cc1. The summed E-state index contributed by atoms with van der Waals surface area (Å²) in [6, 6.07) is 11.5. The van der Waals surface area contributed by atoms with Crippen molar-refractivity contribution in [3.8, 4) is 5.75 Å². The second-order valence-electron chi connectivity index (χ2n) is 3.72. The van der Waals surface area contributed by atoms with Gasteiger partial charge in [-0.15, -0.1) is 0 Å². The van der Waals surface area contributed by atoms with Crippen LogP contribution in [-0.2, 0) is 5.75 Å². The zero-order chi connectivity index (χ0) is 12.6. The van der Waals surface area contributed by atoms with E-state index in [1.165, 1.54) is 5.56 Å². The molecule has 0 aliphatic carbocycles. The van der Waals surface area contributed by atoms with E-state index in [2.05, 4.69) is 11.1 Å². The van der Waals surface area contributed by atoms with Gasteiger partial charge in [-0.3, -0.25) is 4.98 Å². The van der Waals surface area contributed by atoms with Gasteiger partial charge in [0.05, 0.1) is 6.61 Å². The molecule has 2 rings (SSSR count). The molecule has 1 aromatic heterocycles. The lowest BCUT2D eigenvalue weighted by Gasteiger charge is -2.06. The molecule has 2 nitrogen and oxygen atoms in total. The Kier molecular flexibility index (Phi) is 5.36. The largest absolute Gasteiger partial charge is 0.493 e. The molecule has 0 unspecified atom stereocenters. The summed E-state index contributed by atoms with van der Waals surface area (Å²) in [5.41, 5.74) is 1.24. The van der Waals surface area contributed by atoms with E-state index in [9.17, 15) is 0 Å². The Morgan fingerprint density at radius 3 is 2.72 bits per heavy atom. The molecular formula is C14H14ClNOS. The van der Waals surface area contributed by atoms with Crippen LogP contribution in [0.15, 0.2) is 48.8 Å². The van der Waals surface area contributed by atoms with Crippen molar-refractivity contribution in [1.82, 2.24) is 4.98 Å². The van der Waals surface area contributed by atoms with E-state index in [0.717, 1.165) is 22.3 Å². The van der Waals surface area contributed by atoms with Gasteiger partial charge in [-0.25, -0.2) is 0 Å². The molecule has 0 saturated carbocycles. The minimum absolute atomic E-state index is 0.701. The monoisotopic (exact) mass is 279 g/mol. The summed E-state index contributed by atoms with van der Waals surface area (Å²) >= 11 is 7.64. The molecule has 2 aromatic rings. The lowest BCUT2D eigenvalue weighted by atomic mass is 10.3. The Morgan fingerprint density at radius 1 is 1.17 bits per heavy atom. The maximum absolute atomic E-state index is 5.80. The number of hydrogen-bond acceptors (Lipinski definition) is 3. The van der Waals surface area contributed by atoms with Gasteiger partial charge in [0.1, 0.15) is 5.75 Å². The van der Waals surface area contributed by atoms with Gasteiger partial charge in [0.25, 0.3) is 0 Å². The standard InChI is InChI=1S/C14H14ClNOS/c15-13-3-5-14(6-4-13)17-8-9-18-11-12-2-1-7-16-10-12/h1-7,10H,8-9,11H2. The molecule has 0 atom stereocenters. The topological polar surface area (TPSA) is 22.1 Å².